The lowest BCUT2D eigenvalue weighted by atomic mass is 10.1. The van der Waals surface area contributed by atoms with Gasteiger partial charge in [-0.1, -0.05) is 24.3 Å². The van der Waals surface area contributed by atoms with Gasteiger partial charge in [0.15, 0.2) is 11.9 Å². The zero-order valence-electron chi connectivity index (χ0n) is 9.74. The van der Waals surface area contributed by atoms with E-state index in [-0.39, 0.29) is 36.7 Å². The molecule has 0 aliphatic rings. The number of nitrogens with zero attached hydrogens (tertiary/aromatic N) is 2. The van der Waals surface area contributed by atoms with Crippen LogP contribution in [0.1, 0.15) is 11.1 Å². The summed E-state index contributed by atoms with van der Waals surface area (Å²) in [4.78, 5) is 7.81. The monoisotopic (exact) mass is 292 g/mol. The van der Waals surface area contributed by atoms with Gasteiger partial charge < -0.3 is 22.9 Å². The van der Waals surface area contributed by atoms with Gasteiger partial charge in [0.05, 0.1) is 13.1 Å². The smallest absolute Gasteiger partial charge is 0.186 e. The maximum Gasteiger partial charge on any atom is 0.186 e. The first-order chi connectivity index (χ1) is 7.58. The summed E-state index contributed by atoms with van der Waals surface area (Å²) in [5.74, 6) is 0.175. The van der Waals surface area contributed by atoms with Crippen LogP contribution in [0, 0.1) is 0 Å². The molecule has 6 nitrogen and oxygen atoms in total. The Morgan fingerprint density at radius 1 is 0.722 bits per heavy atom. The van der Waals surface area contributed by atoms with Crippen molar-refractivity contribution in [2.75, 3.05) is 0 Å². The Morgan fingerprint density at radius 3 is 1.22 bits per heavy atom. The number of benzene rings is 1. The van der Waals surface area contributed by atoms with Gasteiger partial charge in [-0.25, -0.2) is 9.98 Å². The molecule has 1 rings (SSSR count). The summed E-state index contributed by atoms with van der Waals surface area (Å²) in [6.45, 7) is 0.954. The van der Waals surface area contributed by atoms with Crippen molar-refractivity contribution >= 4 is 36.7 Å². The van der Waals surface area contributed by atoms with Gasteiger partial charge in [0.2, 0.25) is 0 Å². The lowest BCUT2D eigenvalue weighted by Crippen LogP contribution is -2.22. The van der Waals surface area contributed by atoms with Crippen LogP contribution < -0.4 is 22.9 Å². The van der Waals surface area contributed by atoms with Crippen LogP contribution in [0.2, 0.25) is 0 Å². The second-order valence-corrected chi connectivity index (χ2v) is 3.30. The van der Waals surface area contributed by atoms with Crippen LogP contribution in [0.15, 0.2) is 34.3 Å². The van der Waals surface area contributed by atoms with Gasteiger partial charge in [-0.3, -0.25) is 0 Å². The minimum absolute atomic E-state index is 0. The molecule has 0 spiro atoms. The highest BCUT2D eigenvalue weighted by molar-refractivity contribution is 5.85. The molecule has 0 aliphatic heterocycles. The predicted molar refractivity (Wildman–Crippen MR) is 80.0 cm³/mol. The standard InChI is InChI=1S/C10H16N6.2ClH/c11-9(12)15-5-7-1-2-8(4-3-7)6-16-10(13)14;;/h1-4H,5-6H2,(H4,11,12,15)(H4,13,14,16);2*1H. The quantitative estimate of drug-likeness (QED) is 0.462. The minimum atomic E-state index is 0. The topological polar surface area (TPSA) is 129 Å². The molecule has 1 aromatic rings. The summed E-state index contributed by atoms with van der Waals surface area (Å²) in [5.41, 5.74) is 23.0. The third-order valence-corrected chi connectivity index (χ3v) is 1.91. The Morgan fingerprint density at radius 2 is 1.00 bits per heavy atom. The van der Waals surface area contributed by atoms with Crippen LogP contribution in [0.25, 0.3) is 0 Å². The second-order valence-electron chi connectivity index (χ2n) is 3.30. The highest BCUT2D eigenvalue weighted by Crippen LogP contribution is 2.06. The fourth-order valence-electron chi connectivity index (χ4n) is 1.12. The van der Waals surface area contributed by atoms with E-state index in [1.807, 2.05) is 24.3 Å². The average Bonchev–Trinajstić information content (AvgIpc) is 2.25. The molecule has 0 saturated carbocycles. The van der Waals surface area contributed by atoms with Gasteiger partial charge in [-0.15, -0.1) is 24.8 Å². The molecule has 0 bridgehead atoms. The Kier molecular flexibility index (Phi) is 9.74. The number of halogens is 2. The van der Waals surface area contributed by atoms with E-state index < -0.39 is 0 Å². The number of hydrogen-bond acceptors (Lipinski definition) is 2. The van der Waals surface area contributed by atoms with E-state index >= 15 is 0 Å². The maximum atomic E-state index is 5.23. The summed E-state index contributed by atoms with van der Waals surface area (Å²) in [6, 6.07) is 7.74. The van der Waals surface area contributed by atoms with Crippen molar-refractivity contribution in [3.05, 3.63) is 35.4 Å². The number of aliphatic imine (C=N–C) groups is 2. The molecule has 0 radical (unpaired) electrons. The van der Waals surface area contributed by atoms with E-state index in [0.29, 0.717) is 13.1 Å². The van der Waals surface area contributed by atoms with Crippen LogP contribution in [-0.2, 0) is 13.1 Å². The van der Waals surface area contributed by atoms with Crippen LogP contribution >= 0.6 is 24.8 Å². The summed E-state index contributed by atoms with van der Waals surface area (Å²) >= 11 is 0. The van der Waals surface area contributed by atoms with Crippen LogP contribution in [0.5, 0.6) is 0 Å². The number of nitrogens with two attached hydrogens (primary N) is 4. The Labute approximate surface area is 118 Å². The van der Waals surface area contributed by atoms with Gasteiger partial charge in [0.1, 0.15) is 0 Å². The van der Waals surface area contributed by atoms with Crippen molar-refractivity contribution in [2.45, 2.75) is 13.1 Å². The van der Waals surface area contributed by atoms with E-state index in [2.05, 4.69) is 9.98 Å². The van der Waals surface area contributed by atoms with Gasteiger partial charge >= 0.3 is 0 Å². The summed E-state index contributed by atoms with van der Waals surface area (Å²) in [5, 5.41) is 0. The Balaban J connectivity index is 0. The zero-order valence-corrected chi connectivity index (χ0v) is 11.4. The highest BCUT2D eigenvalue weighted by Gasteiger charge is 1.94. The highest BCUT2D eigenvalue weighted by atomic mass is 35.5. The first-order valence-electron chi connectivity index (χ1n) is 4.76. The molecule has 102 valence electrons. The van der Waals surface area contributed by atoms with E-state index in [1.54, 1.807) is 0 Å². The normalized spacial score (nSPS) is 8.44. The molecule has 8 N–H and O–H groups in total. The molecule has 0 atom stereocenters. The molecule has 0 aromatic heterocycles. The molecule has 0 unspecified atom stereocenters. The van der Waals surface area contributed by atoms with Crippen LogP contribution in [0.3, 0.4) is 0 Å². The minimum Gasteiger partial charge on any atom is -0.370 e. The summed E-state index contributed by atoms with van der Waals surface area (Å²) in [6.07, 6.45) is 0. The van der Waals surface area contributed by atoms with Crippen molar-refractivity contribution in [3.63, 3.8) is 0 Å². The maximum absolute atomic E-state index is 5.23. The SMILES string of the molecule is Cl.Cl.NC(N)=NCc1ccc(CN=C(N)N)cc1. The van der Waals surface area contributed by atoms with Gasteiger partial charge in [-0.05, 0) is 11.1 Å². The molecule has 0 aliphatic carbocycles. The van der Waals surface area contributed by atoms with Crippen molar-refractivity contribution in [3.8, 4) is 0 Å². The number of hydrogen-bond donors (Lipinski definition) is 4. The lowest BCUT2D eigenvalue weighted by molar-refractivity contribution is 1.03. The fourth-order valence-corrected chi connectivity index (χ4v) is 1.12. The van der Waals surface area contributed by atoms with E-state index in [1.165, 1.54) is 0 Å². The van der Waals surface area contributed by atoms with E-state index in [0.717, 1.165) is 11.1 Å². The molecular formula is C10H18Cl2N6. The van der Waals surface area contributed by atoms with Gasteiger partial charge in [-0.2, -0.15) is 0 Å². The fraction of sp³-hybridized carbons (Fsp3) is 0.200. The van der Waals surface area contributed by atoms with Gasteiger partial charge in [0, 0.05) is 0 Å². The lowest BCUT2D eigenvalue weighted by Gasteiger charge is -2.00. The zero-order chi connectivity index (χ0) is 12.0. The first kappa shape index (κ1) is 18.7. The molecule has 0 heterocycles. The van der Waals surface area contributed by atoms with E-state index in [4.69, 9.17) is 22.9 Å². The number of rotatable bonds is 4. The van der Waals surface area contributed by atoms with Crippen molar-refractivity contribution in [1.29, 1.82) is 0 Å². The molecule has 0 amide bonds. The molecular weight excluding hydrogens is 275 g/mol. The van der Waals surface area contributed by atoms with Gasteiger partial charge in [0.25, 0.3) is 0 Å². The number of guanidine groups is 2. The van der Waals surface area contributed by atoms with Crippen molar-refractivity contribution in [1.82, 2.24) is 0 Å². The van der Waals surface area contributed by atoms with Crippen molar-refractivity contribution in [2.24, 2.45) is 32.9 Å². The molecule has 0 fully saturated rings. The molecule has 8 heteroatoms. The summed E-state index contributed by atoms with van der Waals surface area (Å²) in [7, 11) is 0. The second kappa shape index (κ2) is 9.38. The third kappa shape index (κ3) is 7.59. The largest absolute Gasteiger partial charge is 0.370 e. The third-order valence-electron chi connectivity index (χ3n) is 1.91. The average molecular weight is 293 g/mol. The Hall–Kier alpha value is -1.66. The molecule has 0 saturated heterocycles. The van der Waals surface area contributed by atoms with Crippen LogP contribution in [0.4, 0.5) is 0 Å². The first-order valence-corrected chi connectivity index (χ1v) is 4.76. The van der Waals surface area contributed by atoms with E-state index in [9.17, 15) is 0 Å². The molecule has 1 aromatic carbocycles. The predicted octanol–water partition coefficient (Wildman–Crippen LogP) is 0.0770. The molecule has 18 heavy (non-hydrogen) atoms. The Bertz CT molecular complexity index is 354. The summed E-state index contributed by atoms with van der Waals surface area (Å²) < 4.78 is 0. The van der Waals surface area contributed by atoms with Crippen molar-refractivity contribution < 1.29 is 0 Å². The van der Waals surface area contributed by atoms with Crippen LogP contribution in [-0.4, -0.2) is 11.9 Å².